The first kappa shape index (κ1) is 12.7. The lowest BCUT2D eigenvalue weighted by atomic mass is 10.2. The molecule has 0 aliphatic heterocycles. The third-order valence-corrected chi connectivity index (χ3v) is 4.32. The third kappa shape index (κ3) is 3.35. The molecule has 0 radical (unpaired) electrons. The molecule has 5 heteroatoms. The normalized spacial score (nSPS) is 12.8. The molecule has 0 spiro atoms. The van der Waals surface area contributed by atoms with Gasteiger partial charge < -0.3 is 10.5 Å². The molecule has 0 fully saturated rings. The molecule has 2 rings (SSSR count). The van der Waals surface area contributed by atoms with E-state index in [-0.39, 0.29) is 6.10 Å². The van der Waals surface area contributed by atoms with Gasteiger partial charge in [-0.3, -0.25) is 0 Å². The van der Waals surface area contributed by atoms with Crippen molar-refractivity contribution in [2.45, 2.75) is 19.4 Å². The standard InChI is InChI=1S/C12H16N2OS2/c1-9-12(17-8-14-9)2-4-15-11(6-13)10-3-5-16-7-10/h3,5,7-8,11H,2,4,6,13H2,1H3. The molecule has 0 aromatic carbocycles. The van der Waals surface area contributed by atoms with E-state index in [0.717, 1.165) is 12.1 Å². The number of aryl methyl sites for hydroxylation is 1. The van der Waals surface area contributed by atoms with Crippen LogP contribution >= 0.6 is 22.7 Å². The molecule has 2 heterocycles. The minimum Gasteiger partial charge on any atom is -0.372 e. The second-order valence-corrected chi connectivity index (χ2v) is 5.48. The van der Waals surface area contributed by atoms with E-state index >= 15 is 0 Å². The summed E-state index contributed by atoms with van der Waals surface area (Å²) in [6.07, 6.45) is 0.936. The van der Waals surface area contributed by atoms with Crippen molar-refractivity contribution in [2.24, 2.45) is 5.73 Å². The van der Waals surface area contributed by atoms with Gasteiger partial charge in [-0.2, -0.15) is 11.3 Å². The first-order chi connectivity index (χ1) is 8.31. The van der Waals surface area contributed by atoms with Crippen LogP contribution in [-0.4, -0.2) is 18.1 Å². The minimum atomic E-state index is 0.0227. The number of thiazole rings is 1. The lowest BCUT2D eigenvalue weighted by Gasteiger charge is -2.14. The Kier molecular flexibility index (Phi) is 4.67. The first-order valence-electron chi connectivity index (χ1n) is 5.54. The van der Waals surface area contributed by atoms with Crippen LogP contribution in [0.15, 0.2) is 22.3 Å². The average molecular weight is 268 g/mol. The SMILES string of the molecule is Cc1ncsc1CCOC(CN)c1ccsc1. The topological polar surface area (TPSA) is 48.1 Å². The van der Waals surface area contributed by atoms with Crippen molar-refractivity contribution in [3.05, 3.63) is 38.5 Å². The van der Waals surface area contributed by atoms with Crippen LogP contribution in [0.25, 0.3) is 0 Å². The Hall–Kier alpha value is -0.750. The van der Waals surface area contributed by atoms with Gasteiger partial charge in [0.25, 0.3) is 0 Å². The fraction of sp³-hybridized carbons (Fsp3) is 0.417. The summed E-state index contributed by atoms with van der Waals surface area (Å²) in [6.45, 7) is 3.25. The molecular weight excluding hydrogens is 252 g/mol. The molecule has 0 aliphatic carbocycles. The summed E-state index contributed by atoms with van der Waals surface area (Å²) in [6, 6.07) is 2.07. The zero-order chi connectivity index (χ0) is 12.1. The molecule has 17 heavy (non-hydrogen) atoms. The lowest BCUT2D eigenvalue weighted by molar-refractivity contribution is 0.0614. The van der Waals surface area contributed by atoms with E-state index in [1.54, 1.807) is 22.7 Å². The summed E-state index contributed by atoms with van der Waals surface area (Å²) in [5, 5.41) is 4.14. The molecule has 3 nitrogen and oxygen atoms in total. The minimum absolute atomic E-state index is 0.0227. The van der Waals surface area contributed by atoms with E-state index in [0.29, 0.717) is 13.2 Å². The molecule has 0 bridgehead atoms. The van der Waals surface area contributed by atoms with E-state index in [2.05, 4.69) is 21.8 Å². The zero-order valence-electron chi connectivity index (χ0n) is 9.76. The average Bonchev–Trinajstić information content (AvgIpc) is 2.97. The summed E-state index contributed by atoms with van der Waals surface area (Å²) in [5.41, 5.74) is 9.89. The van der Waals surface area contributed by atoms with Crippen LogP contribution in [0.5, 0.6) is 0 Å². The van der Waals surface area contributed by atoms with Crippen molar-refractivity contribution in [1.82, 2.24) is 4.98 Å². The highest BCUT2D eigenvalue weighted by Crippen LogP contribution is 2.20. The van der Waals surface area contributed by atoms with Gasteiger partial charge in [0.1, 0.15) is 0 Å². The van der Waals surface area contributed by atoms with Gasteiger partial charge in [0.05, 0.1) is 23.9 Å². The van der Waals surface area contributed by atoms with Gasteiger partial charge in [0.15, 0.2) is 0 Å². The monoisotopic (exact) mass is 268 g/mol. The van der Waals surface area contributed by atoms with Crippen LogP contribution in [0.2, 0.25) is 0 Å². The Balaban J connectivity index is 1.83. The molecule has 0 aliphatic rings. The number of rotatable bonds is 6. The Morgan fingerprint density at radius 1 is 1.53 bits per heavy atom. The van der Waals surface area contributed by atoms with Gasteiger partial charge in [-0.1, -0.05) is 0 Å². The van der Waals surface area contributed by atoms with Crippen molar-refractivity contribution in [3.63, 3.8) is 0 Å². The molecule has 1 unspecified atom stereocenters. The predicted octanol–water partition coefficient (Wildman–Crippen LogP) is 2.77. The van der Waals surface area contributed by atoms with Crippen molar-refractivity contribution < 1.29 is 4.74 Å². The number of nitrogens with zero attached hydrogens (tertiary/aromatic N) is 1. The second-order valence-electron chi connectivity index (χ2n) is 3.76. The van der Waals surface area contributed by atoms with Gasteiger partial charge in [0, 0.05) is 17.8 Å². The summed E-state index contributed by atoms with van der Waals surface area (Å²) in [4.78, 5) is 5.52. The van der Waals surface area contributed by atoms with Crippen molar-refractivity contribution in [1.29, 1.82) is 0 Å². The van der Waals surface area contributed by atoms with Crippen LogP contribution in [0.3, 0.4) is 0 Å². The van der Waals surface area contributed by atoms with Crippen molar-refractivity contribution in [2.75, 3.05) is 13.2 Å². The number of ether oxygens (including phenoxy) is 1. The number of hydrogen-bond donors (Lipinski definition) is 1. The van der Waals surface area contributed by atoms with Crippen molar-refractivity contribution in [3.8, 4) is 0 Å². The molecule has 2 N–H and O–H groups in total. The number of thiophene rings is 1. The highest BCUT2D eigenvalue weighted by Gasteiger charge is 2.10. The van der Waals surface area contributed by atoms with E-state index in [9.17, 15) is 0 Å². The van der Waals surface area contributed by atoms with Gasteiger partial charge in [-0.25, -0.2) is 4.98 Å². The molecule has 0 saturated carbocycles. The van der Waals surface area contributed by atoms with Crippen LogP contribution in [0.4, 0.5) is 0 Å². The molecule has 92 valence electrons. The number of nitrogens with two attached hydrogens (primary N) is 1. The maximum Gasteiger partial charge on any atom is 0.0955 e. The maximum atomic E-state index is 5.82. The fourth-order valence-electron chi connectivity index (χ4n) is 1.62. The number of hydrogen-bond acceptors (Lipinski definition) is 5. The second kappa shape index (κ2) is 6.26. The van der Waals surface area contributed by atoms with Gasteiger partial charge in [-0.15, -0.1) is 11.3 Å². The van der Waals surface area contributed by atoms with E-state index in [1.807, 2.05) is 12.4 Å². The quantitative estimate of drug-likeness (QED) is 0.876. The van der Waals surface area contributed by atoms with Crippen LogP contribution in [0, 0.1) is 6.92 Å². The van der Waals surface area contributed by atoms with Crippen LogP contribution in [-0.2, 0) is 11.2 Å². The Labute approximate surface area is 109 Å². The zero-order valence-corrected chi connectivity index (χ0v) is 11.4. The maximum absolute atomic E-state index is 5.82. The molecule has 0 saturated heterocycles. The van der Waals surface area contributed by atoms with Crippen LogP contribution in [0.1, 0.15) is 22.2 Å². The lowest BCUT2D eigenvalue weighted by Crippen LogP contribution is -2.16. The van der Waals surface area contributed by atoms with E-state index in [4.69, 9.17) is 10.5 Å². The Morgan fingerprint density at radius 2 is 2.41 bits per heavy atom. The fourth-order valence-corrected chi connectivity index (χ4v) is 3.08. The van der Waals surface area contributed by atoms with Crippen LogP contribution < -0.4 is 5.73 Å². The third-order valence-electron chi connectivity index (χ3n) is 2.62. The highest BCUT2D eigenvalue weighted by atomic mass is 32.1. The largest absolute Gasteiger partial charge is 0.372 e. The molecule has 1 atom stereocenters. The van der Waals surface area contributed by atoms with Gasteiger partial charge in [-0.05, 0) is 29.3 Å². The number of aromatic nitrogens is 1. The molecular formula is C12H16N2OS2. The summed E-state index contributed by atoms with van der Waals surface area (Å²) >= 11 is 3.36. The first-order valence-corrected chi connectivity index (χ1v) is 7.36. The Morgan fingerprint density at radius 3 is 3.00 bits per heavy atom. The summed E-state index contributed by atoms with van der Waals surface area (Å²) in [7, 11) is 0. The van der Waals surface area contributed by atoms with Gasteiger partial charge >= 0.3 is 0 Å². The van der Waals surface area contributed by atoms with E-state index < -0.39 is 0 Å². The molecule has 2 aromatic heterocycles. The molecule has 0 amide bonds. The highest BCUT2D eigenvalue weighted by molar-refractivity contribution is 7.09. The summed E-state index contributed by atoms with van der Waals surface area (Å²) < 4.78 is 5.82. The Bertz CT molecular complexity index is 439. The van der Waals surface area contributed by atoms with Crippen molar-refractivity contribution >= 4 is 22.7 Å². The summed E-state index contributed by atoms with van der Waals surface area (Å²) in [5.74, 6) is 0. The van der Waals surface area contributed by atoms with E-state index in [1.165, 1.54) is 10.4 Å². The van der Waals surface area contributed by atoms with Gasteiger partial charge in [0.2, 0.25) is 0 Å². The molecule has 2 aromatic rings. The predicted molar refractivity (Wildman–Crippen MR) is 72.6 cm³/mol. The smallest absolute Gasteiger partial charge is 0.0955 e.